The van der Waals surface area contributed by atoms with Crippen LogP contribution in [0.3, 0.4) is 0 Å². The maximum atomic E-state index is 12.5. The average molecular weight is 375 g/mol. The Morgan fingerprint density at radius 3 is 2.19 bits per heavy atom. The van der Waals surface area contributed by atoms with Gasteiger partial charge in [0, 0.05) is 30.0 Å². The Labute approximate surface area is 152 Å². The lowest BCUT2D eigenvalue weighted by atomic mass is 10.2. The Morgan fingerprint density at radius 1 is 1.04 bits per heavy atom. The predicted octanol–water partition coefficient (Wildman–Crippen LogP) is 1.63. The molecule has 1 aliphatic rings. The zero-order valence-corrected chi connectivity index (χ0v) is 15.5. The van der Waals surface area contributed by atoms with Gasteiger partial charge in [0.1, 0.15) is 0 Å². The lowest BCUT2D eigenvalue weighted by Crippen LogP contribution is -2.31. The number of hydrogen-bond acceptors (Lipinski definition) is 6. The Bertz CT molecular complexity index is 886. The average Bonchev–Trinajstić information content (AvgIpc) is 3.14. The van der Waals surface area contributed by atoms with Crippen LogP contribution in [0, 0.1) is 13.8 Å². The molecule has 1 aliphatic heterocycles. The number of anilines is 1. The van der Waals surface area contributed by atoms with E-state index in [0.29, 0.717) is 24.6 Å². The monoisotopic (exact) mass is 375 g/mol. The van der Waals surface area contributed by atoms with Crippen molar-refractivity contribution in [2.45, 2.75) is 31.6 Å². The molecule has 138 valence electrons. The normalized spacial score (nSPS) is 15.0. The zero-order valence-electron chi connectivity index (χ0n) is 14.7. The summed E-state index contributed by atoms with van der Waals surface area (Å²) in [6.45, 7) is 4.76. The van der Waals surface area contributed by atoms with E-state index in [1.165, 1.54) is 28.6 Å². The van der Waals surface area contributed by atoms with Gasteiger partial charge in [0.05, 0.1) is 4.90 Å². The van der Waals surface area contributed by atoms with Crippen LogP contribution in [0.25, 0.3) is 0 Å². The van der Waals surface area contributed by atoms with Gasteiger partial charge in [-0.05, 0) is 57.0 Å². The highest BCUT2D eigenvalue weighted by molar-refractivity contribution is 7.89. The minimum absolute atomic E-state index is 0.196. The van der Waals surface area contributed by atoms with Crippen molar-refractivity contribution in [3.8, 4) is 0 Å². The van der Waals surface area contributed by atoms with E-state index in [4.69, 9.17) is 0 Å². The number of amides is 1. The molecule has 2 aromatic rings. The SMILES string of the molecule is Cc1cc(C)nc(NNC(=O)c2ccc(S(=O)(=O)N3CCCC3)cc2)n1. The van der Waals surface area contributed by atoms with E-state index >= 15 is 0 Å². The summed E-state index contributed by atoms with van der Waals surface area (Å²) in [5.41, 5.74) is 7.08. The van der Waals surface area contributed by atoms with Crippen molar-refractivity contribution in [2.24, 2.45) is 0 Å². The van der Waals surface area contributed by atoms with Crippen LogP contribution >= 0.6 is 0 Å². The van der Waals surface area contributed by atoms with Gasteiger partial charge >= 0.3 is 0 Å². The van der Waals surface area contributed by atoms with Gasteiger partial charge in [-0.25, -0.2) is 18.4 Å². The molecule has 1 aromatic heterocycles. The molecule has 0 spiro atoms. The van der Waals surface area contributed by atoms with Crippen molar-refractivity contribution >= 4 is 21.9 Å². The van der Waals surface area contributed by atoms with Crippen molar-refractivity contribution in [3.63, 3.8) is 0 Å². The number of hydrazine groups is 1. The van der Waals surface area contributed by atoms with Crippen molar-refractivity contribution in [3.05, 3.63) is 47.3 Å². The van der Waals surface area contributed by atoms with Crippen LogP contribution in [0.1, 0.15) is 34.6 Å². The van der Waals surface area contributed by atoms with Crippen molar-refractivity contribution < 1.29 is 13.2 Å². The Balaban J connectivity index is 1.67. The summed E-state index contributed by atoms with van der Waals surface area (Å²) in [5, 5.41) is 0. The summed E-state index contributed by atoms with van der Waals surface area (Å²) in [6, 6.07) is 7.71. The first kappa shape index (κ1) is 18.3. The van der Waals surface area contributed by atoms with Crippen LogP contribution < -0.4 is 10.9 Å². The number of sulfonamides is 1. The third-order valence-corrected chi connectivity index (χ3v) is 6.00. The Kier molecular flexibility index (Phi) is 5.19. The summed E-state index contributed by atoms with van der Waals surface area (Å²) in [7, 11) is -3.48. The first-order valence-electron chi connectivity index (χ1n) is 8.35. The minimum Gasteiger partial charge on any atom is -0.267 e. The van der Waals surface area contributed by atoms with E-state index in [-0.39, 0.29) is 4.90 Å². The molecule has 0 atom stereocenters. The maximum absolute atomic E-state index is 12.5. The zero-order chi connectivity index (χ0) is 18.7. The lowest BCUT2D eigenvalue weighted by Gasteiger charge is -2.15. The number of hydrogen-bond donors (Lipinski definition) is 2. The number of nitrogens with zero attached hydrogens (tertiary/aromatic N) is 3. The molecule has 0 unspecified atom stereocenters. The fourth-order valence-electron chi connectivity index (χ4n) is 2.82. The highest BCUT2D eigenvalue weighted by atomic mass is 32.2. The van der Waals surface area contributed by atoms with Crippen molar-refractivity contribution in [2.75, 3.05) is 18.5 Å². The predicted molar refractivity (Wildman–Crippen MR) is 97.0 cm³/mol. The largest absolute Gasteiger partial charge is 0.269 e. The van der Waals surface area contributed by atoms with Gasteiger partial charge in [0.25, 0.3) is 5.91 Å². The molecule has 26 heavy (non-hydrogen) atoms. The second-order valence-corrected chi connectivity index (χ2v) is 8.13. The van der Waals surface area contributed by atoms with E-state index < -0.39 is 15.9 Å². The molecule has 0 aliphatic carbocycles. The van der Waals surface area contributed by atoms with Gasteiger partial charge in [-0.3, -0.25) is 15.6 Å². The summed E-state index contributed by atoms with van der Waals surface area (Å²) in [5.74, 6) is -0.109. The number of benzene rings is 1. The van der Waals surface area contributed by atoms with Gasteiger partial charge in [0.2, 0.25) is 16.0 Å². The second kappa shape index (κ2) is 7.38. The molecule has 1 amide bonds. The smallest absolute Gasteiger partial charge is 0.267 e. The van der Waals surface area contributed by atoms with Gasteiger partial charge in [-0.15, -0.1) is 0 Å². The van der Waals surface area contributed by atoms with Crippen LogP contribution in [-0.2, 0) is 10.0 Å². The van der Waals surface area contributed by atoms with Crippen LogP contribution in [0.15, 0.2) is 35.2 Å². The highest BCUT2D eigenvalue weighted by Gasteiger charge is 2.27. The summed E-state index contributed by atoms with van der Waals surface area (Å²) < 4.78 is 26.4. The highest BCUT2D eigenvalue weighted by Crippen LogP contribution is 2.21. The van der Waals surface area contributed by atoms with Crippen LogP contribution in [0.4, 0.5) is 5.95 Å². The Morgan fingerprint density at radius 2 is 1.62 bits per heavy atom. The van der Waals surface area contributed by atoms with Crippen LogP contribution in [-0.4, -0.2) is 41.7 Å². The second-order valence-electron chi connectivity index (χ2n) is 6.19. The topological polar surface area (TPSA) is 104 Å². The summed E-state index contributed by atoms with van der Waals surface area (Å²) in [4.78, 5) is 20.7. The van der Waals surface area contributed by atoms with Gasteiger partial charge in [0.15, 0.2) is 0 Å². The quantitative estimate of drug-likeness (QED) is 0.770. The van der Waals surface area contributed by atoms with Crippen molar-refractivity contribution in [1.29, 1.82) is 0 Å². The first-order chi connectivity index (χ1) is 12.4. The number of carbonyl (C=O) groups excluding carboxylic acids is 1. The minimum atomic E-state index is -3.48. The molecule has 2 heterocycles. The van der Waals surface area contributed by atoms with E-state index in [0.717, 1.165) is 24.2 Å². The van der Waals surface area contributed by atoms with Crippen LogP contribution in [0.2, 0.25) is 0 Å². The molecule has 2 N–H and O–H groups in total. The molecular weight excluding hydrogens is 354 g/mol. The molecule has 1 fully saturated rings. The number of aromatic nitrogens is 2. The van der Waals surface area contributed by atoms with Gasteiger partial charge in [-0.1, -0.05) is 0 Å². The number of aryl methyl sites for hydroxylation is 2. The molecule has 0 saturated carbocycles. The van der Waals surface area contributed by atoms with E-state index in [2.05, 4.69) is 20.8 Å². The molecule has 9 heteroatoms. The van der Waals surface area contributed by atoms with Crippen LogP contribution in [0.5, 0.6) is 0 Å². The Hall–Kier alpha value is -2.52. The molecular formula is C17H21N5O3S. The molecule has 0 bridgehead atoms. The standard InChI is InChI=1S/C17H21N5O3S/c1-12-11-13(2)19-17(18-12)21-20-16(23)14-5-7-15(8-6-14)26(24,25)22-9-3-4-10-22/h5-8,11H,3-4,9-10H2,1-2H3,(H,20,23)(H,18,19,21). The molecule has 1 aromatic carbocycles. The van der Waals surface area contributed by atoms with E-state index in [1.54, 1.807) is 0 Å². The molecule has 8 nitrogen and oxygen atoms in total. The third kappa shape index (κ3) is 4.00. The van der Waals surface area contributed by atoms with E-state index in [1.807, 2.05) is 19.9 Å². The van der Waals surface area contributed by atoms with Gasteiger partial charge in [-0.2, -0.15) is 4.31 Å². The fourth-order valence-corrected chi connectivity index (χ4v) is 4.34. The molecule has 1 saturated heterocycles. The lowest BCUT2D eigenvalue weighted by molar-refractivity contribution is 0.0962. The third-order valence-electron chi connectivity index (χ3n) is 4.09. The van der Waals surface area contributed by atoms with Gasteiger partial charge < -0.3 is 0 Å². The van der Waals surface area contributed by atoms with E-state index in [9.17, 15) is 13.2 Å². The first-order valence-corrected chi connectivity index (χ1v) is 9.79. The number of carbonyl (C=O) groups is 1. The molecule has 3 rings (SSSR count). The number of nitrogens with one attached hydrogen (secondary N) is 2. The fraction of sp³-hybridized carbons (Fsp3) is 0.353. The summed E-state index contributed by atoms with van der Waals surface area (Å²) in [6.07, 6.45) is 1.76. The number of rotatable bonds is 5. The molecule has 0 radical (unpaired) electrons. The maximum Gasteiger partial charge on any atom is 0.269 e. The summed E-state index contributed by atoms with van der Waals surface area (Å²) >= 11 is 0. The van der Waals surface area contributed by atoms with Crippen molar-refractivity contribution in [1.82, 2.24) is 19.7 Å².